The summed E-state index contributed by atoms with van der Waals surface area (Å²) in [6.07, 6.45) is 0. The first kappa shape index (κ1) is 14.2. The van der Waals surface area contributed by atoms with E-state index < -0.39 is 5.91 Å². The minimum absolute atomic E-state index is 0.400. The highest BCUT2D eigenvalue weighted by Crippen LogP contribution is 2.17. The van der Waals surface area contributed by atoms with Gasteiger partial charge in [0.05, 0.1) is 0 Å². The van der Waals surface area contributed by atoms with Crippen molar-refractivity contribution in [2.45, 2.75) is 33.9 Å². The van der Waals surface area contributed by atoms with Crippen LogP contribution in [0.1, 0.15) is 34.2 Å². The van der Waals surface area contributed by atoms with E-state index in [1.807, 2.05) is 12.1 Å². The molecule has 1 aromatic heterocycles. The quantitative estimate of drug-likeness (QED) is 0.878. The van der Waals surface area contributed by atoms with Gasteiger partial charge >= 0.3 is 0 Å². The number of aryl methyl sites for hydroxylation is 1. The first-order valence-electron chi connectivity index (χ1n) is 6.82. The van der Waals surface area contributed by atoms with E-state index in [0.29, 0.717) is 5.56 Å². The fourth-order valence-electron chi connectivity index (χ4n) is 2.49. The van der Waals surface area contributed by atoms with E-state index in [1.165, 1.54) is 17.0 Å². The van der Waals surface area contributed by atoms with Crippen LogP contribution in [-0.2, 0) is 13.1 Å². The Kier molecular flexibility index (Phi) is 4.13. The van der Waals surface area contributed by atoms with Gasteiger partial charge in [0.2, 0.25) is 5.91 Å². The normalized spacial score (nSPS) is 10.6. The molecule has 20 heavy (non-hydrogen) atoms. The first-order chi connectivity index (χ1) is 9.52. The van der Waals surface area contributed by atoms with Crippen molar-refractivity contribution in [3.8, 4) is 0 Å². The van der Waals surface area contributed by atoms with Gasteiger partial charge in [0.15, 0.2) is 0 Å². The zero-order chi connectivity index (χ0) is 14.7. The molecular formula is C16H21N3O. The van der Waals surface area contributed by atoms with Crippen molar-refractivity contribution in [1.82, 2.24) is 4.57 Å². The van der Waals surface area contributed by atoms with Gasteiger partial charge in [0.1, 0.15) is 0 Å². The fraction of sp³-hybridized carbons (Fsp3) is 0.312. The monoisotopic (exact) mass is 271 g/mol. The Bertz CT molecular complexity index is 611. The number of anilines is 1. The van der Waals surface area contributed by atoms with Crippen molar-refractivity contribution in [2.75, 3.05) is 5.32 Å². The van der Waals surface area contributed by atoms with Crippen LogP contribution >= 0.6 is 0 Å². The lowest BCUT2D eigenvalue weighted by atomic mass is 10.2. The van der Waals surface area contributed by atoms with Crippen LogP contribution in [0, 0.1) is 13.8 Å². The second-order valence-corrected chi connectivity index (χ2v) is 4.94. The Balaban J connectivity index is 2.07. The predicted octanol–water partition coefficient (Wildman–Crippen LogP) is 2.84. The number of nitrogens with one attached hydrogen (secondary N) is 1. The summed E-state index contributed by atoms with van der Waals surface area (Å²) in [5.74, 6) is -0.400. The highest BCUT2D eigenvalue weighted by Gasteiger charge is 2.07. The Morgan fingerprint density at radius 2 is 1.90 bits per heavy atom. The fourth-order valence-corrected chi connectivity index (χ4v) is 2.49. The van der Waals surface area contributed by atoms with E-state index in [0.717, 1.165) is 18.8 Å². The molecule has 4 heteroatoms. The number of primary amides is 1. The maximum atomic E-state index is 11.0. The molecule has 0 saturated carbocycles. The maximum Gasteiger partial charge on any atom is 0.248 e. The van der Waals surface area contributed by atoms with Gasteiger partial charge in [-0.25, -0.2) is 0 Å². The minimum Gasteiger partial charge on any atom is -0.381 e. The molecule has 2 aromatic rings. The number of aromatic nitrogens is 1. The lowest BCUT2D eigenvalue weighted by Gasteiger charge is -2.08. The number of hydrogen-bond donors (Lipinski definition) is 2. The molecule has 2 rings (SSSR count). The van der Waals surface area contributed by atoms with Crippen LogP contribution in [0.4, 0.5) is 5.69 Å². The predicted molar refractivity (Wildman–Crippen MR) is 81.9 cm³/mol. The summed E-state index contributed by atoms with van der Waals surface area (Å²) in [6, 6.07) is 9.43. The second kappa shape index (κ2) is 5.82. The highest BCUT2D eigenvalue weighted by molar-refractivity contribution is 5.93. The number of nitrogens with zero attached hydrogens (tertiary/aromatic N) is 1. The summed E-state index contributed by atoms with van der Waals surface area (Å²) in [5.41, 5.74) is 10.6. The van der Waals surface area contributed by atoms with Crippen molar-refractivity contribution in [2.24, 2.45) is 5.73 Å². The first-order valence-corrected chi connectivity index (χ1v) is 6.82. The molecule has 0 atom stereocenters. The standard InChI is InChI=1S/C16H21N3O/c1-4-19-11(2)9-14(12(19)3)10-18-15-7-5-13(6-8-15)16(17)20/h5-9,18H,4,10H2,1-3H3,(H2,17,20). The number of benzene rings is 1. The molecule has 1 amide bonds. The minimum atomic E-state index is -0.400. The van der Waals surface area contributed by atoms with Gasteiger partial charge < -0.3 is 15.6 Å². The highest BCUT2D eigenvalue weighted by atomic mass is 16.1. The molecule has 0 unspecified atom stereocenters. The summed E-state index contributed by atoms with van der Waals surface area (Å²) in [6.45, 7) is 8.19. The molecule has 1 aromatic carbocycles. The van der Waals surface area contributed by atoms with Gasteiger partial charge in [0.25, 0.3) is 0 Å². The van der Waals surface area contributed by atoms with Crippen LogP contribution < -0.4 is 11.1 Å². The van der Waals surface area contributed by atoms with E-state index in [-0.39, 0.29) is 0 Å². The zero-order valence-electron chi connectivity index (χ0n) is 12.2. The molecule has 0 spiro atoms. The van der Waals surface area contributed by atoms with Crippen molar-refractivity contribution in [1.29, 1.82) is 0 Å². The molecule has 0 fully saturated rings. The van der Waals surface area contributed by atoms with Gasteiger partial charge in [-0.2, -0.15) is 0 Å². The topological polar surface area (TPSA) is 60.1 Å². The van der Waals surface area contributed by atoms with Crippen molar-refractivity contribution in [3.63, 3.8) is 0 Å². The number of hydrogen-bond acceptors (Lipinski definition) is 2. The van der Waals surface area contributed by atoms with E-state index in [2.05, 4.69) is 36.7 Å². The number of carbonyl (C=O) groups excluding carboxylic acids is 1. The van der Waals surface area contributed by atoms with Crippen molar-refractivity contribution < 1.29 is 4.79 Å². The Morgan fingerprint density at radius 3 is 2.40 bits per heavy atom. The van der Waals surface area contributed by atoms with E-state index in [4.69, 9.17) is 5.73 Å². The number of amides is 1. The lowest BCUT2D eigenvalue weighted by molar-refractivity contribution is 0.100. The number of nitrogens with two attached hydrogens (primary N) is 1. The molecule has 0 aliphatic heterocycles. The Morgan fingerprint density at radius 1 is 1.25 bits per heavy atom. The largest absolute Gasteiger partial charge is 0.381 e. The van der Waals surface area contributed by atoms with Crippen LogP contribution in [0.3, 0.4) is 0 Å². The molecule has 0 bridgehead atoms. The molecule has 0 radical (unpaired) electrons. The van der Waals surface area contributed by atoms with Gasteiger partial charge in [-0.3, -0.25) is 4.79 Å². The van der Waals surface area contributed by atoms with Crippen LogP contribution in [0.25, 0.3) is 0 Å². The van der Waals surface area contributed by atoms with Gasteiger partial charge in [-0.05, 0) is 56.7 Å². The third kappa shape index (κ3) is 2.85. The maximum absolute atomic E-state index is 11.0. The van der Waals surface area contributed by atoms with Crippen LogP contribution in [0.2, 0.25) is 0 Å². The molecular weight excluding hydrogens is 250 g/mol. The smallest absolute Gasteiger partial charge is 0.248 e. The third-order valence-corrected chi connectivity index (χ3v) is 3.65. The van der Waals surface area contributed by atoms with Crippen molar-refractivity contribution >= 4 is 11.6 Å². The number of carbonyl (C=O) groups is 1. The molecule has 4 nitrogen and oxygen atoms in total. The van der Waals surface area contributed by atoms with Gasteiger partial charge in [0, 0.05) is 35.7 Å². The van der Waals surface area contributed by atoms with Crippen LogP contribution in [0.5, 0.6) is 0 Å². The third-order valence-electron chi connectivity index (χ3n) is 3.65. The summed E-state index contributed by atoms with van der Waals surface area (Å²) >= 11 is 0. The molecule has 106 valence electrons. The van der Waals surface area contributed by atoms with Gasteiger partial charge in [-0.1, -0.05) is 0 Å². The van der Waals surface area contributed by atoms with Crippen LogP contribution in [-0.4, -0.2) is 10.5 Å². The zero-order valence-corrected chi connectivity index (χ0v) is 12.2. The Hall–Kier alpha value is -2.23. The Labute approximate surface area is 119 Å². The average Bonchev–Trinajstić information content (AvgIpc) is 2.71. The second-order valence-electron chi connectivity index (χ2n) is 4.94. The summed E-state index contributed by atoms with van der Waals surface area (Å²) in [7, 11) is 0. The van der Waals surface area contributed by atoms with Crippen LogP contribution in [0.15, 0.2) is 30.3 Å². The van der Waals surface area contributed by atoms with E-state index in [1.54, 1.807) is 12.1 Å². The average molecular weight is 271 g/mol. The molecule has 3 N–H and O–H groups in total. The molecule has 1 heterocycles. The van der Waals surface area contributed by atoms with E-state index >= 15 is 0 Å². The molecule has 0 saturated heterocycles. The van der Waals surface area contributed by atoms with Gasteiger partial charge in [-0.15, -0.1) is 0 Å². The SMILES string of the molecule is CCn1c(C)cc(CNc2ccc(C(N)=O)cc2)c1C. The molecule has 0 aliphatic carbocycles. The summed E-state index contributed by atoms with van der Waals surface area (Å²) in [5, 5.41) is 3.37. The summed E-state index contributed by atoms with van der Waals surface area (Å²) < 4.78 is 2.30. The van der Waals surface area contributed by atoms with E-state index in [9.17, 15) is 4.79 Å². The van der Waals surface area contributed by atoms with Crippen molar-refractivity contribution in [3.05, 3.63) is 52.8 Å². The molecule has 0 aliphatic rings. The summed E-state index contributed by atoms with van der Waals surface area (Å²) in [4.78, 5) is 11.0. The lowest BCUT2D eigenvalue weighted by Crippen LogP contribution is -2.10. The number of rotatable bonds is 5.